The van der Waals surface area contributed by atoms with E-state index in [0.29, 0.717) is 23.2 Å². The average Bonchev–Trinajstić information content (AvgIpc) is 3.19. The lowest BCUT2D eigenvalue weighted by Gasteiger charge is -2.56. The van der Waals surface area contributed by atoms with Crippen LogP contribution in [0.3, 0.4) is 0 Å². The molecule has 0 unspecified atom stereocenters. The molecule has 5 atom stereocenters. The molecule has 2 fully saturated rings. The number of hydrogen-bond acceptors (Lipinski definition) is 7. The Kier molecular flexibility index (Phi) is 6.77. The fourth-order valence-corrected chi connectivity index (χ4v) is 6.21. The van der Waals surface area contributed by atoms with Gasteiger partial charge in [-0.15, -0.1) is 0 Å². The molecule has 1 aliphatic carbocycles. The lowest BCUT2D eigenvalue weighted by atomic mass is 9.56. The summed E-state index contributed by atoms with van der Waals surface area (Å²) in [6.45, 7) is 5.21. The maximum absolute atomic E-state index is 14.1. The number of hydrogen-bond donors (Lipinski definition) is 0. The molecule has 0 spiro atoms. The molecule has 2 amide bonds. The minimum absolute atomic E-state index is 0.0756. The second kappa shape index (κ2) is 9.78. The van der Waals surface area contributed by atoms with Crippen LogP contribution in [0, 0.1) is 17.8 Å². The van der Waals surface area contributed by atoms with E-state index in [-0.39, 0.29) is 13.2 Å². The standard InChI is InChI=1S/C29H28BrNO7/c1-4-15-37-27(35)29-16-20(17-11-13-18(30)14-12-17)22(28(3,38-29)26(34)36-5-2)21-23(29)25(33)31(24(21)32)19-9-7-6-8-10-19/h6-14,16,21-23H,4-5,15H2,1-3H3/t21-,22+,23+,28-,29-/m0/s1. The third-order valence-electron chi connectivity index (χ3n) is 7.48. The van der Waals surface area contributed by atoms with Gasteiger partial charge in [-0.3, -0.25) is 9.59 Å². The molecule has 8 nitrogen and oxygen atoms in total. The largest absolute Gasteiger partial charge is 0.464 e. The molecule has 0 radical (unpaired) electrons. The third-order valence-corrected chi connectivity index (χ3v) is 8.01. The molecular formula is C29H28BrNO7. The Hall–Kier alpha value is -3.30. The Morgan fingerprint density at radius 1 is 0.947 bits per heavy atom. The van der Waals surface area contributed by atoms with Crippen LogP contribution < -0.4 is 4.90 Å². The Bertz CT molecular complexity index is 1320. The zero-order chi connectivity index (χ0) is 27.2. The average molecular weight is 582 g/mol. The van der Waals surface area contributed by atoms with Crippen molar-refractivity contribution >= 4 is 50.9 Å². The van der Waals surface area contributed by atoms with Crippen molar-refractivity contribution in [1.29, 1.82) is 0 Å². The molecule has 0 aromatic heterocycles. The summed E-state index contributed by atoms with van der Waals surface area (Å²) in [7, 11) is 0. The molecule has 2 bridgehead atoms. The van der Waals surface area contributed by atoms with E-state index in [0.717, 1.165) is 9.37 Å². The minimum atomic E-state index is -2.01. The first-order chi connectivity index (χ1) is 18.2. The molecule has 3 heterocycles. The van der Waals surface area contributed by atoms with Crippen LogP contribution in [0.25, 0.3) is 5.57 Å². The number of fused-ring (bicyclic) bond motifs is 1. The van der Waals surface area contributed by atoms with Crippen molar-refractivity contribution < 1.29 is 33.4 Å². The highest BCUT2D eigenvalue weighted by Crippen LogP contribution is 2.61. The quantitative estimate of drug-likeness (QED) is 0.355. The van der Waals surface area contributed by atoms with Crippen molar-refractivity contribution in [3.05, 3.63) is 70.7 Å². The topological polar surface area (TPSA) is 99.2 Å². The summed E-state index contributed by atoms with van der Waals surface area (Å²) < 4.78 is 18.2. The molecule has 2 saturated heterocycles. The first-order valence-corrected chi connectivity index (χ1v) is 13.4. The summed E-state index contributed by atoms with van der Waals surface area (Å²) in [6, 6.07) is 15.9. The fourth-order valence-electron chi connectivity index (χ4n) is 5.94. The van der Waals surface area contributed by atoms with E-state index in [1.54, 1.807) is 43.3 Å². The summed E-state index contributed by atoms with van der Waals surface area (Å²) in [6.07, 6.45) is 2.13. The molecule has 6 rings (SSSR count). The number of halogens is 1. The highest BCUT2D eigenvalue weighted by Gasteiger charge is 2.76. The zero-order valence-corrected chi connectivity index (χ0v) is 22.9. The first-order valence-electron chi connectivity index (χ1n) is 12.7. The van der Waals surface area contributed by atoms with E-state index in [1.807, 2.05) is 31.2 Å². The van der Waals surface area contributed by atoms with Crippen molar-refractivity contribution in [2.24, 2.45) is 17.8 Å². The van der Waals surface area contributed by atoms with Crippen molar-refractivity contribution in [1.82, 2.24) is 0 Å². The number of esters is 2. The molecule has 3 aliphatic heterocycles. The Labute approximate surface area is 229 Å². The summed E-state index contributed by atoms with van der Waals surface area (Å²) in [5.74, 6) is -5.73. The predicted octanol–water partition coefficient (Wildman–Crippen LogP) is 4.31. The lowest BCUT2D eigenvalue weighted by Crippen LogP contribution is -2.70. The Morgan fingerprint density at radius 2 is 1.63 bits per heavy atom. The number of para-hydroxylation sites is 1. The van der Waals surface area contributed by atoms with Gasteiger partial charge in [-0.1, -0.05) is 53.2 Å². The number of carbonyl (C=O) groups excluding carboxylic acids is 4. The number of ether oxygens (including phenoxy) is 3. The highest BCUT2D eigenvalue weighted by atomic mass is 79.9. The van der Waals surface area contributed by atoms with Gasteiger partial charge in [0.15, 0.2) is 11.2 Å². The molecular weight excluding hydrogens is 554 g/mol. The van der Waals surface area contributed by atoms with E-state index < -0.39 is 52.7 Å². The minimum Gasteiger partial charge on any atom is -0.464 e. The summed E-state index contributed by atoms with van der Waals surface area (Å²) in [5, 5.41) is 0. The highest BCUT2D eigenvalue weighted by molar-refractivity contribution is 9.10. The molecule has 0 saturated carbocycles. The number of imide groups is 1. The summed E-state index contributed by atoms with van der Waals surface area (Å²) in [5.41, 5.74) is -2.10. The number of benzene rings is 2. The van der Waals surface area contributed by atoms with Crippen LogP contribution in [0.1, 0.15) is 32.8 Å². The number of carbonyl (C=O) groups is 4. The van der Waals surface area contributed by atoms with Crippen molar-refractivity contribution in [3.63, 3.8) is 0 Å². The van der Waals surface area contributed by atoms with E-state index in [4.69, 9.17) is 14.2 Å². The van der Waals surface area contributed by atoms with Crippen LogP contribution in [0.15, 0.2) is 65.1 Å². The summed E-state index contributed by atoms with van der Waals surface area (Å²) >= 11 is 3.44. The van der Waals surface area contributed by atoms with E-state index >= 15 is 0 Å². The third kappa shape index (κ3) is 3.82. The van der Waals surface area contributed by atoms with Crippen molar-refractivity contribution in [2.45, 2.75) is 38.4 Å². The smallest absolute Gasteiger partial charge is 0.343 e. The van der Waals surface area contributed by atoms with Crippen LogP contribution in [0.4, 0.5) is 5.69 Å². The van der Waals surface area contributed by atoms with Gasteiger partial charge in [0, 0.05) is 10.4 Å². The Balaban J connectivity index is 1.76. The van der Waals surface area contributed by atoms with Gasteiger partial charge in [-0.05, 0) is 61.7 Å². The number of amides is 2. The van der Waals surface area contributed by atoms with E-state index in [1.165, 1.54) is 6.92 Å². The second-order valence-electron chi connectivity index (χ2n) is 9.79. The number of anilines is 1. The first kappa shape index (κ1) is 26.3. The molecule has 198 valence electrons. The molecule has 2 aromatic rings. The van der Waals surface area contributed by atoms with Crippen LogP contribution >= 0.6 is 15.9 Å². The summed E-state index contributed by atoms with van der Waals surface area (Å²) in [4.78, 5) is 56.6. The Morgan fingerprint density at radius 3 is 2.26 bits per heavy atom. The lowest BCUT2D eigenvalue weighted by molar-refractivity contribution is -0.241. The van der Waals surface area contributed by atoms with Crippen molar-refractivity contribution in [2.75, 3.05) is 18.1 Å². The van der Waals surface area contributed by atoms with E-state index in [2.05, 4.69) is 15.9 Å². The van der Waals surface area contributed by atoms with Gasteiger partial charge in [0.25, 0.3) is 0 Å². The zero-order valence-electron chi connectivity index (χ0n) is 21.3. The molecule has 4 aliphatic rings. The number of rotatable bonds is 7. The second-order valence-corrected chi connectivity index (χ2v) is 10.7. The van der Waals surface area contributed by atoms with Gasteiger partial charge in [0.1, 0.15) is 0 Å². The van der Waals surface area contributed by atoms with Crippen LogP contribution in [0.2, 0.25) is 0 Å². The molecule has 38 heavy (non-hydrogen) atoms. The van der Waals surface area contributed by atoms with Gasteiger partial charge in [-0.25, -0.2) is 14.5 Å². The van der Waals surface area contributed by atoms with Gasteiger partial charge in [0.05, 0.1) is 30.7 Å². The van der Waals surface area contributed by atoms with Gasteiger partial charge >= 0.3 is 11.9 Å². The fraction of sp³-hybridized carbons (Fsp3) is 0.379. The SMILES string of the molecule is CCCOC(=O)[C@]12C=C(c3ccc(Br)cc3)[C@H]([C@@H]3C(=O)N(c4ccccc4)C(=O)[C@@H]31)[C@@](C)(C(=O)OCC)O2. The predicted molar refractivity (Wildman–Crippen MR) is 142 cm³/mol. The van der Waals surface area contributed by atoms with Gasteiger partial charge in [-0.2, -0.15) is 0 Å². The maximum Gasteiger partial charge on any atom is 0.343 e. The van der Waals surface area contributed by atoms with Crippen LogP contribution in [-0.4, -0.2) is 48.2 Å². The van der Waals surface area contributed by atoms with E-state index in [9.17, 15) is 19.2 Å². The van der Waals surface area contributed by atoms with Gasteiger partial charge in [0.2, 0.25) is 11.8 Å². The van der Waals surface area contributed by atoms with Gasteiger partial charge < -0.3 is 14.2 Å². The maximum atomic E-state index is 14.1. The molecule has 2 aromatic carbocycles. The number of nitrogens with zero attached hydrogens (tertiary/aromatic N) is 1. The van der Waals surface area contributed by atoms with Crippen LogP contribution in [-0.2, 0) is 33.4 Å². The normalized spacial score (nSPS) is 29.6. The molecule has 0 N–H and O–H groups in total. The monoisotopic (exact) mass is 581 g/mol. The van der Waals surface area contributed by atoms with Crippen LogP contribution in [0.5, 0.6) is 0 Å². The van der Waals surface area contributed by atoms with Crippen molar-refractivity contribution in [3.8, 4) is 0 Å². The molecule has 9 heteroatoms.